The predicted molar refractivity (Wildman–Crippen MR) is 196 cm³/mol. The van der Waals surface area contributed by atoms with Crippen molar-refractivity contribution in [1.82, 2.24) is 0 Å². The SMILES string of the molecule is c1ccc(-c2ccc(NN(c3ccccc3)c3ccccc3)c(-c3cccc4ccccc34)c2-c2cccc3ccccc23)cc1. The van der Waals surface area contributed by atoms with Crippen LogP contribution in [0.4, 0.5) is 17.1 Å². The van der Waals surface area contributed by atoms with Gasteiger partial charge in [0.1, 0.15) is 0 Å². The van der Waals surface area contributed by atoms with Gasteiger partial charge in [-0.1, -0.05) is 158 Å². The molecule has 2 heteroatoms. The van der Waals surface area contributed by atoms with Crippen molar-refractivity contribution >= 4 is 38.6 Å². The monoisotopic (exact) mass is 588 g/mol. The van der Waals surface area contributed by atoms with Gasteiger partial charge < -0.3 is 0 Å². The normalized spacial score (nSPS) is 11.0. The van der Waals surface area contributed by atoms with Crippen molar-refractivity contribution in [3.8, 4) is 33.4 Å². The highest BCUT2D eigenvalue weighted by molar-refractivity contribution is 6.12. The molecule has 218 valence electrons. The fourth-order valence-electron chi connectivity index (χ4n) is 6.55. The van der Waals surface area contributed by atoms with Gasteiger partial charge in [0.05, 0.1) is 17.1 Å². The van der Waals surface area contributed by atoms with Gasteiger partial charge in [0, 0.05) is 11.1 Å². The van der Waals surface area contributed by atoms with Gasteiger partial charge in [0.15, 0.2) is 0 Å². The van der Waals surface area contributed by atoms with E-state index in [1.54, 1.807) is 0 Å². The summed E-state index contributed by atoms with van der Waals surface area (Å²) in [6.45, 7) is 0. The van der Waals surface area contributed by atoms with Crippen LogP contribution in [0, 0.1) is 0 Å². The van der Waals surface area contributed by atoms with Crippen LogP contribution in [-0.2, 0) is 0 Å². The van der Waals surface area contributed by atoms with Crippen LogP contribution < -0.4 is 10.4 Å². The Bertz CT molecular complexity index is 2230. The maximum absolute atomic E-state index is 3.91. The molecule has 1 N–H and O–H groups in total. The van der Waals surface area contributed by atoms with Crippen molar-refractivity contribution in [2.24, 2.45) is 0 Å². The van der Waals surface area contributed by atoms with Crippen LogP contribution in [0.1, 0.15) is 0 Å². The van der Waals surface area contributed by atoms with E-state index in [0.29, 0.717) is 0 Å². The Balaban J connectivity index is 1.49. The topological polar surface area (TPSA) is 15.3 Å². The zero-order valence-corrected chi connectivity index (χ0v) is 25.3. The third-order valence-electron chi connectivity index (χ3n) is 8.67. The van der Waals surface area contributed by atoms with E-state index in [4.69, 9.17) is 0 Å². The summed E-state index contributed by atoms with van der Waals surface area (Å²) in [5.74, 6) is 0. The molecule has 0 spiro atoms. The van der Waals surface area contributed by atoms with Crippen LogP contribution in [0.25, 0.3) is 54.9 Å². The molecular formula is C44H32N2. The Morgan fingerprint density at radius 1 is 0.326 bits per heavy atom. The molecule has 0 atom stereocenters. The first-order chi connectivity index (χ1) is 22.8. The van der Waals surface area contributed by atoms with Gasteiger partial charge in [-0.2, -0.15) is 0 Å². The Kier molecular flexibility index (Phi) is 7.22. The number of hydrazine groups is 1. The summed E-state index contributed by atoms with van der Waals surface area (Å²) in [4.78, 5) is 0. The second-order valence-corrected chi connectivity index (χ2v) is 11.4. The highest BCUT2D eigenvalue weighted by atomic mass is 15.5. The molecule has 0 unspecified atom stereocenters. The minimum atomic E-state index is 1.02. The molecule has 0 heterocycles. The van der Waals surface area contributed by atoms with Crippen LogP contribution in [0.3, 0.4) is 0 Å². The third kappa shape index (κ3) is 5.06. The van der Waals surface area contributed by atoms with Crippen LogP contribution in [-0.4, -0.2) is 0 Å². The lowest BCUT2D eigenvalue weighted by Gasteiger charge is -2.30. The quantitative estimate of drug-likeness (QED) is 0.186. The Labute approximate surface area is 269 Å². The van der Waals surface area contributed by atoms with Crippen LogP contribution in [0.5, 0.6) is 0 Å². The molecule has 8 aromatic rings. The number of nitrogens with zero attached hydrogens (tertiary/aromatic N) is 1. The molecule has 0 saturated heterocycles. The summed E-state index contributed by atoms with van der Waals surface area (Å²) in [7, 11) is 0. The van der Waals surface area contributed by atoms with E-state index in [9.17, 15) is 0 Å². The molecule has 8 aromatic carbocycles. The maximum atomic E-state index is 3.91. The van der Waals surface area contributed by atoms with Gasteiger partial charge in [0.2, 0.25) is 0 Å². The van der Waals surface area contributed by atoms with Crippen molar-refractivity contribution in [3.05, 3.63) is 188 Å². The Morgan fingerprint density at radius 3 is 1.35 bits per heavy atom. The Morgan fingerprint density at radius 2 is 0.783 bits per heavy atom. The number of nitrogens with one attached hydrogen (secondary N) is 1. The van der Waals surface area contributed by atoms with E-state index in [1.165, 1.54) is 49.4 Å². The molecule has 0 aliphatic heterocycles. The fourth-order valence-corrected chi connectivity index (χ4v) is 6.55. The number of para-hydroxylation sites is 2. The molecular weight excluding hydrogens is 556 g/mol. The Hall–Kier alpha value is -6.12. The lowest BCUT2D eigenvalue weighted by molar-refractivity contribution is 1.16. The van der Waals surface area contributed by atoms with Crippen LogP contribution in [0.2, 0.25) is 0 Å². The second kappa shape index (κ2) is 12.1. The van der Waals surface area contributed by atoms with E-state index in [0.717, 1.165) is 22.6 Å². The van der Waals surface area contributed by atoms with E-state index in [-0.39, 0.29) is 0 Å². The van der Waals surface area contributed by atoms with Gasteiger partial charge in [-0.05, 0) is 74.1 Å². The smallest absolute Gasteiger partial charge is 0.0631 e. The second-order valence-electron chi connectivity index (χ2n) is 11.4. The summed E-state index contributed by atoms with van der Waals surface area (Å²) < 4.78 is 0. The number of hydrogen-bond donors (Lipinski definition) is 1. The molecule has 0 bridgehead atoms. The standard InChI is InChI=1S/C44H32N2/c1-4-16-34(17-5-1)39-30-31-42(45-46(35-22-6-2-7-23-35)36-24-8-3-9-25-36)44(41-29-15-21-33-19-11-13-27-38(33)41)43(39)40-28-14-20-32-18-10-12-26-37(32)40/h1-31,45H. The van der Waals surface area contributed by atoms with Crippen molar-refractivity contribution in [1.29, 1.82) is 0 Å². The zero-order chi connectivity index (χ0) is 30.7. The van der Waals surface area contributed by atoms with Crippen LogP contribution >= 0.6 is 0 Å². The van der Waals surface area contributed by atoms with Crippen molar-refractivity contribution < 1.29 is 0 Å². The molecule has 0 aliphatic rings. The van der Waals surface area contributed by atoms with Crippen molar-refractivity contribution in [3.63, 3.8) is 0 Å². The van der Waals surface area contributed by atoms with Crippen molar-refractivity contribution in [2.75, 3.05) is 10.4 Å². The van der Waals surface area contributed by atoms with Gasteiger partial charge in [0.25, 0.3) is 0 Å². The number of anilines is 3. The van der Waals surface area contributed by atoms with Gasteiger partial charge in [-0.25, -0.2) is 0 Å². The first-order valence-electron chi connectivity index (χ1n) is 15.7. The molecule has 8 rings (SSSR count). The first-order valence-corrected chi connectivity index (χ1v) is 15.7. The van der Waals surface area contributed by atoms with Crippen molar-refractivity contribution in [2.45, 2.75) is 0 Å². The molecule has 2 nitrogen and oxygen atoms in total. The lowest BCUT2D eigenvalue weighted by atomic mass is 9.83. The van der Waals surface area contributed by atoms with Gasteiger partial charge >= 0.3 is 0 Å². The van der Waals surface area contributed by atoms with E-state index >= 15 is 0 Å². The summed E-state index contributed by atoms with van der Waals surface area (Å²) >= 11 is 0. The highest BCUT2D eigenvalue weighted by Crippen LogP contribution is 2.48. The lowest BCUT2D eigenvalue weighted by Crippen LogP contribution is -2.25. The van der Waals surface area contributed by atoms with Crippen LogP contribution in [0.15, 0.2) is 188 Å². The summed E-state index contributed by atoms with van der Waals surface area (Å²) in [6, 6.07) is 67.0. The minimum absolute atomic E-state index is 1.02. The largest absolute Gasteiger partial charge is 0.293 e. The predicted octanol–water partition coefficient (Wildman–Crippen LogP) is 12.2. The van der Waals surface area contributed by atoms with Gasteiger partial charge in [-0.3, -0.25) is 10.4 Å². The number of hydrogen-bond acceptors (Lipinski definition) is 2. The molecule has 0 aromatic heterocycles. The molecule has 0 saturated carbocycles. The number of rotatable bonds is 7. The average Bonchev–Trinajstić information content (AvgIpc) is 3.14. The maximum Gasteiger partial charge on any atom is 0.0631 e. The number of fused-ring (bicyclic) bond motifs is 2. The van der Waals surface area contributed by atoms with E-state index in [2.05, 4.69) is 198 Å². The molecule has 0 amide bonds. The molecule has 0 aliphatic carbocycles. The molecule has 0 fully saturated rings. The fraction of sp³-hybridized carbons (Fsp3) is 0. The number of benzene rings is 8. The zero-order valence-electron chi connectivity index (χ0n) is 25.3. The average molecular weight is 589 g/mol. The minimum Gasteiger partial charge on any atom is -0.293 e. The van der Waals surface area contributed by atoms with Gasteiger partial charge in [-0.15, -0.1) is 0 Å². The third-order valence-corrected chi connectivity index (χ3v) is 8.67. The summed E-state index contributed by atoms with van der Waals surface area (Å²) in [6.07, 6.45) is 0. The summed E-state index contributed by atoms with van der Waals surface area (Å²) in [5.41, 5.74) is 14.2. The van der Waals surface area contributed by atoms with E-state index in [1.807, 2.05) is 0 Å². The molecule has 0 radical (unpaired) electrons. The summed E-state index contributed by atoms with van der Waals surface area (Å²) in [5, 5.41) is 7.05. The van der Waals surface area contributed by atoms with E-state index < -0.39 is 0 Å². The highest BCUT2D eigenvalue weighted by Gasteiger charge is 2.23. The first kappa shape index (κ1) is 27.4. The molecule has 46 heavy (non-hydrogen) atoms.